The Kier molecular flexibility index (Phi) is 23.0. The number of nitrogens with one attached hydrogen (secondary N) is 1. The van der Waals surface area contributed by atoms with Crippen molar-refractivity contribution in [1.82, 2.24) is 5.32 Å². The van der Waals surface area contributed by atoms with Crippen molar-refractivity contribution in [2.75, 3.05) is 26.3 Å². The Bertz CT molecular complexity index is 916. The van der Waals surface area contributed by atoms with Gasteiger partial charge in [0, 0.05) is 19.4 Å². The maximum absolute atomic E-state index is 11.4. The third-order valence-corrected chi connectivity index (χ3v) is 4.42. The maximum Gasteiger partial charge on any atom is 0.225 e. The van der Waals surface area contributed by atoms with Gasteiger partial charge in [-0.15, -0.1) is 0 Å². The van der Waals surface area contributed by atoms with Gasteiger partial charge in [-0.05, 0) is 42.1 Å². The van der Waals surface area contributed by atoms with Gasteiger partial charge < -0.3 is 20.5 Å². The number of benzene rings is 2. The van der Waals surface area contributed by atoms with Crippen molar-refractivity contribution in [3.05, 3.63) is 110 Å². The summed E-state index contributed by atoms with van der Waals surface area (Å²) in [6.07, 6.45) is 12.7. The standard InChI is InChI=1S/C15H19NO2.C10H9ClO.C5H11NO/c1-2-18-13-7-12-16-15(17)11-6-10-14-8-4-3-5-9-14;11-10(12)8-4-7-9-5-2-1-3-6-9;1-2-7-5-3-4-6/h2-6,8-10H,1,7,11-13H2,(H,16,17);1-7H,8H2;2H,1,3-6H2/b10-6+;7-4+;. The molecule has 0 spiro atoms. The molecule has 0 saturated carbocycles. The van der Waals surface area contributed by atoms with Crippen LogP contribution >= 0.6 is 11.6 Å². The Morgan fingerprint density at radius 3 is 1.76 bits per heavy atom. The second-order valence-electron chi connectivity index (χ2n) is 7.31. The van der Waals surface area contributed by atoms with E-state index in [1.165, 1.54) is 12.5 Å². The first-order valence-electron chi connectivity index (χ1n) is 12.1. The Balaban J connectivity index is 0.000000586. The van der Waals surface area contributed by atoms with Crippen molar-refractivity contribution in [1.29, 1.82) is 0 Å². The second kappa shape index (κ2) is 25.5. The van der Waals surface area contributed by atoms with E-state index in [1.807, 2.05) is 78.9 Å². The van der Waals surface area contributed by atoms with E-state index in [0.29, 0.717) is 32.7 Å². The topological polar surface area (TPSA) is 90.7 Å². The SMILES string of the molecule is C=COCCCN.C=COCCCNC(=O)C/C=C/c1ccccc1.O=C(Cl)C/C=C/c1ccccc1. The molecular formula is C30H39ClN2O4. The Morgan fingerprint density at radius 2 is 1.30 bits per heavy atom. The van der Waals surface area contributed by atoms with Gasteiger partial charge >= 0.3 is 0 Å². The number of carbonyl (C=O) groups excluding carboxylic acids is 2. The van der Waals surface area contributed by atoms with Crippen LogP contribution in [0.4, 0.5) is 0 Å². The molecule has 0 radical (unpaired) electrons. The summed E-state index contributed by atoms with van der Waals surface area (Å²) in [6, 6.07) is 19.7. The molecule has 0 unspecified atom stereocenters. The molecular weight excluding hydrogens is 488 g/mol. The lowest BCUT2D eigenvalue weighted by atomic mass is 10.2. The normalized spacial score (nSPS) is 9.89. The van der Waals surface area contributed by atoms with Crippen LogP contribution in [-0.2, 0) is 19.1 Å². The van der Waals surface area contributed by atoms with Crippen LogP contribution in [0, 0.1) is 0 Å². The third kappa shape index (κ3) is 23.9. The fourth-order valence-corrected chi connectivity index (χ4v) is 2.60. The number of allylic oxidation sites excluding steroid dienone is 1. The average molecular weight is 527 g/mol. The largest absolute Gasteiger partial charge is 0.502 e. The van der Waals surface area contributed by atoms with Crippen LogP contribution in [0.1, 0.15) is 36.8 Å². The lowest BCUT2D eigenvalue weighted by Gasteiger charge is -2.03. The maximum atomic E-state index is 11.4. The van der Waals surface area contributed by atoms with Crippen LogP contribution in [-0.4, -0.2) is 37.5 Å². The average Bonchev–Trinajstić information content (AvgIpc) is 2.91. The predicted octanol–water partition coefficient (Wildman–Crippen LogP) is 6.11. The van der Waals surface area contributed by atoms with Crippen molar-refractivity contribution in [3.8, 4) is 0 Å². The first kappa shape index (κ1) is 33.4. The highest BCUT2D eigenvalue weighted by atomic mass is 35.5. The molecule has 0 saturated heterocycles. The fourth-order valence-electron chi connectivity index (χ4n) is 2.51. The Morgan fingerprint density at radius 1 is 0.811 bits per heavy atom. The van der Waals surface area contributed by atoms with E-state index in [-0.39, 0.29) is 17.6 Å². The van der Waals surface area contributed by atoms with Gasteiger partial charge in [0.05, 0.1) is 25.7 Å². The van der Waals surface area contributed by atoms with Crippen LogP contribution in [0.5, 0.6) is 0 Å². The summed E-state index contributed by atoms with van der Waals surface area (Å²) in [6.45, 7) is 9.41. The monoisotopic (exact) mass is 526 g/mol. The molecule has 2 aromatic carbocycles. The number of rotatable bonds is 15. The minimum Gasteiger partial charge on any atom is -0.502 e. The number of hydrogen-bond acceptors (Lipinski definition) is 5. The minimum absolute atomic E-state index is 0.0285. The van der Waals surface area contributed by atoms with Crippen molar-refractivity contribution < 1.29 is 19.1 Å². The van der Waals surface area contributed by atoms with Gasteiger partial charge in [0.2, 0.25) is 11.1 Å². The van der Waals surface area contributed by atoms with Gasteiger partial charge in [-0.3, -0.25) is 9.59 Å². The number of ether oxygens (including phenoxy) is 2. The zero-order valence-electron chi connectivity index (χ0n) is 21.4. The number of amides is 1. The van der Waals surface area contributed by atoms with Crippen LogP contribution in [0.2, 0.25) is 0 Å². The molecule has 3 N–H and O–H groups in total. The summed E-state index contributed by atoms with van der Waals surface area (Å²) in [5.74, 6) is 0.0285. The van der Waals surface area contributed by atoms with Crippen molar-refractivity contribution in [3.63, 3.8) is 0 Å². The highest BCUT2D eigenvalue weighted by Crippen LogP contribution is 2.03. The van der Waals surface area contributed by atoms with Crippen LogP contribution in [0.15, 0.2) is 98.5 Å². The summed E-state index contributed by atoms with van der Waals surface area (Å²) in [5.41, 5.74) is 7.34. The molecule has 1 amide bonds. The van der Waals surface area contributed by atoms with E-state index in [1.54, 1.807) is 6.08 Å². The van der Waals surface area contributed by atoms with Crippen molar-refractivity contribution in [2.45, 2.75) is 25.7 Å². The number of nitrogens with two attached hydrogens (primary N) is 1. The Labute approximate surface area is 226 Å². The molecule has 2 rings (SSSR count). The van der Waals surface area contributed by atoms with E-state index in [0.717, 1.165) is 24.0 Å². The van der Waals surface area contributed by atoms with Gasteiger partial charge in [-0.25, -0.2) is 0 Å². The van der Waals surface area contributed by atoms with E-state index < -0.39 is 0 Å². The van der Waals surface area contributed by atoms with Crippen molar-refractivity contribution in [2.24, 2.45) is 5.73 Å². The highest BCUT2D eigenvalue weighted by molar-refractivity contribution is 6.63. The first-order valence-corrected chi connectivity index (χ1v) is 12.4. The van der Waals surface area contributed by atoms with E-state index >= 15 is 0 Å². The zero-order valence-corrected chi connectivity index (χ0v) is 22.2. The summed E-state index contributed by atoms with van der Waals surface area (Å²) < 4.78 is 9.71. The third-order valence-electron chi connectivity index (χ3n) is 4.26. The van der Waals surface area contributed by atoms with Crippen LogP contribution < -0.4 is 11.1 Å². The smallest absolute Gasteiger partial charge is 0.225 e. The molecule has 0 bridgehead atoms. The predicted molar refractivity (Wildman–Crippen MR) is 155 cm³/mol. The van der Waals surface area contributed by atoms with E-state index in [4.69, 9.17) is 26.8 Å². The van der Waals surface area contributed by atoms with Gasteiger partial charge in [0.25, 0.3) is 0 Å². The van der Waals surface area contributed by atoms with E-state index in [2.05, 4.69) is 18.5 Å². The number of halogens is 1. The molecule has 0 aliphatic rings. The lowest BCUT2D eigenvalue weighted by molar-refractivity contribution is -0.120. The second-order valence-corrected chi connectivity index (χ2v) is 7.73. The van der Waals surface area contributed by atoms with Crippen molar-refractivity contribution >= 4 is 34.9 Å². The first-order chi connectivity index (χ1) is 18.0. The molecule has 0 aliphatic carbocycles. The molecule has 2 aromatic rings. The van der Waals surface area contributed by atoms with E-state index in [9.17, 15) is 9.59 Å². The molecule has 0 heterocycles. The summed E-state index contributed by atoms with van der Waals surface area (Å²) >= 11 is 5.15. The molecule has 6 nitrogen and oxygen atoms in total. The van der Waals surface area contributed by atoms with Crippen LogP contribution in [0.25, 0.3) is 12.2 Å². The molecule has 0 aliphatic heterocycles. The molecule has 0 atom stereocenters. The molecule has 0 aromatic heterocycles. The quantitative estimate of drug-likeness (QED) is 0.166. The summed E-state index contributed by atoms with van der Waals surface area (Å²) in [7, 11) is 0. The highest BCUT2D eigenvalue weighted by Gasteiger charge is 1.96. The van der Waals surface area contributed by atoms with Gasteiger partial charge in [0.1, 0.15) is 0 Å². The molecule has 0 fully saturated rings. The molecule has 7 heteroatoms. The summed E-state index contributed by atoms with van der Waals surface area (Å²) in [5, 5.41) is 2.49. The summed E-state index contributed by atoms with van der Waals surface area (Å²) in [4.78, 5) is 21.8. The minimum atomic E-state index is -0.331. The zero-order chi connectivity index (χ0) is 27.4. The van der Waals surface area contributed by atoms with Gasteiger partial charge in [0.15, 0.2) is 0 Å². The van der Waals surface area contributed by atoms with Gasteiger partial charge in [-0.2, -0.15) is 0 Å². The fraction of sp³-hybridized carbons (Fsp3) is 0.267. The number of carbonyl (C=O) groups is 2. The number of hydrogen-bond donors (Lipinski definition) is 2. The lowest BCUT2D eigenvalue weighted by Crippen LogP contribution is -2.24. The van der Waals surface area contributed by atoms with Crippen LogP contribution in [0.3, 0.4) is 0 Å². The van der Waals surface area contributed by atoms with Gasteiger partial charge in [-0.1, -0.05) is 98.1 Å². The molecule has 200 valence electrons. The molecule has 37 heavy (non-hydrogen) atoms. The Hall–Kier alpha value is -3.61.